The summed E-state index contributed by atoms with van der Waals surface area (Å²) in [7, 11) is 0. The zero-order chi connectivity index (χ0) is 21.4. The number of ether oxygens (including phenoxy) is 2. The first-order valence-electron chi connectivity index (χ1n) is 10.1. The van der Waals surface area contributed by atoms with Crippen molar-refractivity contribution in [3.63, 3.8) is 0 Å². The number of hydrogen-bond acceptors (Lipinski definition) is 4. The zero-order valence-electron chi connectivity index (χ0n) is 17.3. The predicted molar refractivity (Wildman–Crippen MR) is 118 cm³/mol. The lowest BCUT2D eigenvalue weighted by Crippen LogP contribution is -2.16. The third-order valence-corrected chi connectivity index (χ3v) is 5.37. The molecule has 2 N–H and O–H groups in total. The third kappa shape index (κ3) is 3.54. The Kier molecular flexibility index (Phi) is 4.71. The molecule has 31 heavy (non-hydrogen) atoms. The zero-order valence-corrected chi connectivity index (χ0v) is 17.3. The van der Waals surface area contributed by atoms with Crippen molar-refractivity contribution in [3.8, 4) is 28.6 Å². The van der Waals surface area contributed by atoms with Crippen molar-refractivity contribution < 1.29 is 14.3 Å². The van der Waals surface area contributed by atoms with Gasteiger partial charge in [-0.25, -0.2) is 4.98 Å². The number of hydrogen-bond donors (Lipinski definition) is 2. The molecule has 3 heterocycles. The van der Waals surface area contributed by atoms with E-state index in [0.717, 1.165) is 45.6 Å². The minimum absolute atomic E-state index is 0.150. The molecule has 7 nitrogen and oxygen atoms in total. The normalized spacial score (nSPS) is 12.6. The fourth-order valence-electron chi connectivity index (χ4n) is 3.89. The molecule has 0 bridgehead atoms. The van der Waals surface area contributed by atoms with Crippen LogP contribution in [0.5, 0.6) is 11.5 Å². The molecule has 0 fully saturated rings. The number of aromatic amines is 1. The van der Waals surface area contributed by atoms with Gasteiger partial charge < -0.3 is 24.3 Å². The first-order chi connectivity index (χ1) is 15.1. The summed E-state index contributed by atoms with van der Waals surface area (Å²) in [6.07, 6.45) is 3.49. The summed E-state index contributed by atoms with van der Waals surface area (Å²) in [6, 6.07) is 15.3. The molecule has 1 amide bonds. The molecule has 0 atom stereocenters. The van der Waals surface area contributed by atoms with Gasteiger partial charge in [-0.05, 0) is 56.3 Å². The highest BCUT2D eigenvalue weighted by Gasteiger charge is 2.19. The number of anilines is 1. The lowest BCUT2D eigenvalue weighted by molar-refractivity contribution is 0.102. The summed E-state index contributed by atoms with van der Waals surface area (Å²) in [6.45, 7) is 5.02. The van der Waals surface area contributed by atoms with Gasteiger partial charge in [0.2, 0.25) is 0 Å². The van der Waals surface area contributed by atoms with Crippen molar-refractivity contribution >= 4 is 11.6 Å². The topological polar surface area (TPSA) is 81.2 Å². The third-order valence-electron chi connectivity index (χ3n) is 5.37. The Morgan fingerprint density at radius 3 is 2.55 bits per heavy atom. The molecule has 7 heteroatoms. The van der Waals surface area contributed by atoms with Crippen LogP contribution in [-0.2, 0) is 0 Å². The predicted octanol–water partition coefficient (Wildman–Crippen LogP) is 4.51. The number of H-pyrrole nitrogens is 1. The number of benzene rings is 2. The van der Waals surface area contributed by atoms with E-state index in [1.54, 1.807) is 12.4 Å². The molecule has 0 saturated carbocycles. The Morgan fingerprint density at radius 1 is 1.03 bits per heavy atom. The number of imidazole rings is 1. The largest absolute Gasteiger partial charge is 0.486 e. The van der Waals surface area contributed by atoms with Crippen LogP contribution in [0.15, 0.2) is 60.9 Å². The molecular weight excluding hydrogens is 392 g/mol. The second-order valence-corrected chi connectivity index (χ2v) is 7.42. The highest BCUT2D eigenvalue weighted by atomic mass is 16.6. The molecule has 0 unspecified atom stereocenters. The molecule has 5 rings (SSSR count). The molecule has 4 aromatic rings. The van der Waals surface area contributed by atoms with Crippen LogP contribution < -0.4 is 14.8 Å². The van der Waals surface area contributed by atoms with E-state index in [4.69, 9.17) is 9.47 Å². The SMILES string of the molecule is Cc1cc(C(=O)Nc2ccc(-c3ncc[nH]3)cc2)c(C)n1-c1ccc2c(c1)OCCO2. The van der Waals surface area contributed by atoms with E-state index >= 15 is 0 Å². The molecule has 1 aliphatic rings. The van der Waals surface area contributed by atoms with Crippen LogP contribution in [0.2, 0.25) is 0 Å². The average molecular weight is 414 g/mol. The van der Waals surface area contributed by atoms with E-state index in [1.807, 2.05) is 66.9 Å². The van der Waals surface area contributed by atoms with Crippen molar-refractivity contribution in [2.24, 2.45) is 0 Å². The van der Waals surface area contributed by atoms with Crippen LogP contribution >= 0.6 is 0 Å². The Labute approximate surface area is 179 Å². The van der Waals surface area contributed by atoms with Crippen molar-refractivity contribution in [1.82, 2.24) is 14.5 Å². The van der Waals surface area contributed by atoms with Gasteiger partial charge >= 0.3 is 0 Å². The summed E-state index contributed by atoms with van der Waals surface area (Å²) in [5, 5.41) is 2.99. The van der Waals surface area contributed by atoms with Crippen LogP contribution in [0, 0.1) is 13.8 Å². The maximum absolute atomic E-state index is 13.0. The van der Waals surface area contributed by atoms with E-state index in [1.165, 1.54) is 0 Å². The van der Waals surface area contributed by atoms with Crippen LogP contribution in [0.3, 0.4) is 0 Å². The molecular formula is C24H22N4O3. The number of nitrogens with zero attached hydrogens (tertiary/aromatic N) is 2. The molecule has 2 aromatic carbocycles. The number of carbonyl (C=O) groups excluding carboxylic acids is 1. The Bertz CT molecular complexity index is 1240. The number of fused-ring (bicyclic) bond motifs is 1. The number of amides is 1. The monoisotopic (exact) mass is 414 g/mol. The molecule has 0 saturated heterocycles. The van der Waals surface area contributed by atoms with E-state index in [9.17, 15) is 4.79 Å². The smallest absolute Gasteiger partial charge is 0.257 e. The average Bonchev–Trinajstić information content (AvgIpc) is 3.42. The first-order valence-corrected chi connectivity index (χ1v) is 10.1. The van der Waals surface area contributed by atoms with Gasteiger partial charge in [-0.3, -0.25) is 4.79 Å². The van der Waals surface area contributed by atoms with Crippen LogP contribution in [0.25, 0.3) is 17.1 Å². The Hall–Kier alpha value is -4.00. The maximum Gasteiger partial charge on any atom is 0.257 e. The van der Waals surface area contributed by atoms with E-state index in [-0.39, 0.29) is 5.91 Å². The number of aryl methyl sites for hydroxylation is 1. The lowest BCUT2D eigenvalue weighted by Gasteiger charge is -2.20. The molecule has 0 radical (unpaired) electrons. The van der Waals surface area contributed by atoms with Gasteiger partial charge in [0.15, 0.2) is 11.5 Å². The van der Waals surface area contributed by atoms with Gasteiger partial charge in [-0.1, -0.05) is 0 Å². The van der Waals surface area contributed by atoms with Gasteiger partial charge in [0.25, 0.3) is 5.91 Å². The molecule has 0 spiro atoms. The fourth-order valence-corrected chi connectivity index (χ4v) is 3.89. The number of aromatic nitrogens is 3. The van der Waals surface area contributed by atoms with Gasteiger partial charge in [0.1, 0.15) is 19.0 Å². The molecule has 1 aliphatic heterocycles. The van der Waals surface area contributed by atoms with Crippen molar-refractivity contribution in [2.75, 3.05) is 18.5 Å². The lowest BCUT2D eigenvalue weighted by atomic mass is 10.2. The van der Waals surface area contributed by atoms with Gasteiger partial charge in [-0.15, -0.1) is 0 Å². The van der Waals surface area contributed by atoms with Crippen LogP contribution in [0.4, 0.5) is 5.69 Å². The first kappa shape index (κ1) is 19.0. The summed E-state index contributed by atoms with van der Waals surface area (Å²) in [4.78, 5) is 20.3. The minimum atomic E-state index is -0.150. The fraction of sp³-hybridized carbons (Fsp3) is 0.167. The van der Waals surface area contributed by atoms with Crippen molar-refractivity contribution in [1.29, 1.82) is 0 Å². The summed E-state index contributed by atoms with van der Waals surface area (Å²) >= 11 is 0. The van der Waals surface area contributed by atoms with Crippen LogP contribution in [0.1, 0.15) is 21.7 Å². The van der Waals surface area contributed by atoms with Gasteiger partial charge in [0, 0.05) is 46.8 Å². The van der Waals surface area contributed by atoms with Crippen LogP contribution in [-0.4, -0.2) is 33.7 Å². The number of rotatable bonds is 4. The second-order valence-electron chi connectivity index (χ2n) is 7.42. The Balaban J connectivity index is 1.39. The highest BCUT2D eigenvalue weighted by Crippen LogP contribution is 2.33. The Morgan fingerprint density at radius 2 is 1.81 bits per heavy atom. The maximum atomic E-state index is 13.0. The van der Waals surface area contributed by atoms with Gasteiger partial charge in [-0.2, -0.15) is 0 Å². The van der Waals surface area contributed by atoms with E-state index in [2.05, 4.69) is 15.3 Å². The molecule has 2 aromatic heterocycles. The number of carbonyl (C=O) groups is 1. The second kappa shape index (κ2) is 7.68. The van der Waals surface area contributed by atoms with Gasteiger partial charge in [0.05, 0.1) is 5.56 Å². The van der Waals surface area contributed by atoms with Crippen molar-refractivity contribution in [3.05, 3.63) is 77.9 Å². The minimum Gasteiger partial charge on any atom is -0.486 e. The summed E-state index contributed by atoms with van der Waals surface area (Å²) in [5.74, 6) is 2.11. The standard InChI is InChI=1S/C24H22N4O3/c1-15-13-20(16(2)28(15)19-7-8-21-22(14-19)31-12-11-30-21)24(29)27-18-5-3-17(4-6-18)23-25-9-10-26-23/h3-10,13-14H,11-12H2,1-2H3,(H,25,26)(H,27,29). The van der Waals surface area contributed by atoms with Crippen molar-refractivity contribution in [2.45, 2.75) is 13.8 Å². The molecule has 0 aliphatic carbocycles. The van der Waals surface area contributed by atoms with E-state index in [0.29, 0.717) is 18.8 Å². The quantitative estimate of drug-likeness (QED) is 0.515. The summed E-state index contributed by atoms with van der Waals surface area (Å²) in [5.41, 5.74) is 5.07. The molecule has 156 valence electrons. The summed E-state index contributed by atoms with van der Waals surface area (Å²) < 4.78 is 13.4. The van der Waals surface area contributed by atoms with E-state index < -0.39 is 0 Å². The highest BCUT2D eigenvalue weighted by molar-refractivity contribution is 6.05. The number of nitrogens with one attached hydrogen (secondary N) is 2.